The highest BCUT2D eigenvalue weighted by molar-refractivity contribution is 5.30. The molecule has 1 saturated heterocycles. The number of hydrogen-bond donors (Lipinski definition) is 1. The first-order chi connectivity index (χ1) is 8.42. The molecular formula is C15H22N2. The van der Waals surface area contributed by atoms with E-state index in [-0.39, 0.29) is 0 Å². The van der Waals surface area contributed by atoms with Crippen LogP contribution in [0.25, 0.3) is 0 Å². The number of benzene rings is 1. The summed E-state index contributed by atoms with van der Waals surface area (Å²) in [5, 5.41) is 3.50. The van der Waals surface area contributed by atoms with Gasteiger partial charge in [0.05, 0.1) is 0 Å². The Kier molecular flexibility index (Phi) is 3.44. The molecule has 2 aliphatic heterocycles. The molecule has 2 nitrogen and oxygen atoms in total. The maximum Gasteiger partial charge on any atom is 0.0240 e. The third-order valence-electron chi connectivity index (χ3n) is 4.12. The second-order valence-corrected chi connectivity index (χ2v) is 5.49. The predicted octanol–water partition coefficient (Wildman–Crippen LogP) is 2.39. The van der Waals surface area contributed by atoms with Crippen molar-refractivity contribution in [1.29, 1.82) is 0 Å². The first-order valence-corrected chi connectivity index (χ1v) is 6.91. The Hall–Kier alpha value is -0.860. The Morgan fingerprint density at radius 1 is 1.06 bits per heavy atom. The van der Waals surface area contributed by atoms with Gasteiger partial charge in [0.15, 0.2) is 0 Å². The standard InChI is InChI=1S/C15H22N2/c1-2-6-15-12-17(11-14(15)5-1)10-13-4-3-8-16-9-7-13/h1-2,5-6,13,16H,3-4,7-12H2. The second-order valence-electron chi connectivity index (χ2n) is 5.49. The van der Waals surface area contributed by atoms with Gasteiger partial charge in [-0.25, -0.2) is 0 Å². The van der Waals surface area contributed by atoms with Crippen LogP contribution < -0.4 is 5.32 Å². The van der Waals surface area contributed by atoms with E-state index >= 15 is 0 Å². The number of fused-ring (bicyclic) bond motifs is 1. The van der Waals surface area contributed by atoms with E-state index in [2.05, 4.69) is 34.5 Å². The van der Waals surface area contributed by atoms with Gasteiger partial charge >= 0.3 is 0 Å². The molecule has 2 heterocycles. The van der Waals surface area contributed by atoms with Gasteiger partial charge in [0.2, 0.25) is 0 Å². The molecule has 92 valence electrons. The van der Waals surface area contributed by atoms with Crippen LogP contribution in [0.5, 0.6) is 0 Å². The van der Waals surface area contributed by atoms with Crippen molar-refractivity contribution in [2.45, 2.75) is 32.4 Å². The van der Waals surface area contributed by atoms with Crippen LogP contribution >= 0.6 is 0 Å². The summed E-state index contributed by atoms with van der Waals surface area (Å²) in [6.07, 6.45) is 4.11. The molecule has 17 heavy (non-hydrogen) atoms. The average molecular weight is 230 g/mol. The van der Waals surface area contributed by atoms with Crippen molar-refractivity contribution in [2.24, 2.45) is 5.92 Å². The van der Waals surface area contributed by atoms with Crippen LogP contribution in [0.15, 0.2) is 24.3 Å². The number of hydrogen-bond acceptors (Lipinski definition) is 2. The lowest BCUT2D eigenvalue weighted by molar-refractivity contribution is 0.225. The molecular weight excluding hydrogens is 208 g/mol. The highest BCUT2D eigenvalue weighted by Gasteiger charge is 2.21. The topological polar surface area (TPSA) is 15.3 Å². The molecule has 1 aromatic rings. The lowest BCUT2D eigenvalue weighted by atomic mass is 10.0. The van der Waals surface area contributed by atoms with E-state index in [0.29, 0.717) is 0 Å². The van der Waals surface area contributed by atoms with Crippen molar-refractivity contribution >= 4 is 0 Å². The zero-order chi connectivity index (χ0) is 11.5. The quantitative estimate of drug-likeness (QED) is 0.839. The van der Waals surface area contributed by atoms with Gasteiger partial charge in [-0.1, -0.05) is 24.3 Å². The first-order valence-electron chi connectivity index (χ1n) is 6.91. The van der Waals surface area contributed by atoms with Gasteiger partial charge in [0, 0.05) is 19.6 Å². The summed E-state index contributed by atoms with van der Waals surface area (Å²) in [6, 6.07) is 8.89. The Morgan fingerprint density at radius 2 is 1.82 bits per heavy atom. The molecule has 0 bridgehead atoms. The molecule has 1 atom stereocenters. The molecule has 0 aliphatic carbocycles. The molecule has 2 heteroatoms. The summed E-state index contributed by atoms with van der Waals surface area (Å²) in [6.45, 7) is 6.05. The van der Waals surface area contributed by atoms with Crippen LogP contribution in [-0.4, -0.2) is 24.5 Å². The molecule has 0 radical (unpaired) electrons. The van der Waals surface area contributed by atoms with E-state index < -0.39 is 0 Å². The fourth-order valence-electron chi connectivity index (χ4n) is 3.17. The van der Waals surface area contributed by atoms with Gasteiger partial charge < -0.3 is 5.32 Å². The van der Waals surface area contributed by atoms with Crippen LogP contribution in [0.1, 0.15) is 30.4 Å². The minimum absolute atomic E-state index is 0.902. The van der Waals surface area contributed by atoms with E-state index in [4.69, 9.17) is 0 Å². The molecule has 3 rings (SSSR count). The molecule has 1 fully saturated rings. The summed E-state index contributed by atoms with van der Waals surface area (Å²) in [7, 11) is 0. The van der Waals surface area contributed by atoms with E-state index in [1.807, 2.05) is 0 Å². The molecule has 0 saturated carbocycles. The Labute approximate surface area is 104 Å². The van der Waals surface area contributed by atoms with Crippen LogP contribution in [0.3, 0.4) is 0 Å². The van der Waals surface area contributed by atoms with Crippen LogP contribution in [-0.2, 0) is 13.1 Å². The number of nitrogens with one attached hydrogen (secondary N) is 1. The van der Waals surface area contributed by atoms with Gasteiger partial charge in [-0.2, -0.15) is 0 Å². The summed E-state index contributed by atoms with van der Waals surface area (Å²) in [4.78, 5) is 2.63. The fourth-order valence-corrected chi connectivity index (χ4v) is 3.17. The van der Waals surface area contributed by atoms with Crippen molar-refractivity contribution in [3.05, 3.63) is 35.4 Å². The fraction of sp³-hybridized carbons (Fsp3) is 0.600. The third kappa shape index (κ3) is 2.70. The number of nitrogens with zero attached hydrogens (tertiary/aromatic N) is 1. The zero-order valence-corrected chi connectivity index (χ0v) is 10.5. The SMILES string of the molecule is c1ccc2c(c1)CN(CC1CCCNCC1)C2. The summed E-state index contributed by atoms with van der Waals surface area (Å²) in [5.41, 5.74) is 3.08. The van der Waals surface area contributed by atoms with E-state index in [9.17, 15) is 0 Å². The van der Waals surface area contributed by atoms with E-state index in [1.54, 1.807) is 11.1 Å². The van der Waals surface area contributed by atoms with E-state index in [1.165, 1.54) is 52.0 Å². The van der Waals surface area contributed by atoms with Crippen molar-refractivity contribution < 1.29 is 0 Å². The smallest absolute Gasteiger partial charge is 0.0240 e. The van der Waals surface area contributed by atoms with Gasteiger partial charge in [0.25, 0.3) is 0 Å². The van der Waals surface area contributed by atoms with E-state index in [0.717, 1.165) is 5.92 Å². The van der Waals surface area contributed by atoms with Crippen LogP contribution in [0.4, 0.5) is 0 Å². The number of rotatable bonds is 2. The average Bonchev–Trinajstić information content (AvgIpc) is 2.57. The van der Waals surface area contributed by atoms with Gasteiger partial charge in [-0.15, -0.1) is 0 Å². The molecule has 1 N–H and O–H groups in total. The lowest BCUT2D eigenvalue weighted by Gasteiger charge is -2.21. The van der Waals surface area contributed by atoms with Crippen molar-refractivity contribution in [2.75, 3.05) is 19.6 Å². The van der Waals surface area contributed by atoms with Crippen molar-refractivity contribution in [3.63, 3.8) is 0 Å². The van der Waals surface area contributed by atoms with Crippen LogP contribution in [0, 0.1) is 5.92 Å². The first kappa shape index (κ1) is 11.2. The Balaban J connectivity index is 1.57. The summed E-state index contributed by atoms with van der Waals surface area (Å²) >= 11 is 0. The van der Waals surface area contributed by atoms with Crippen molar-refractivity contribution in [3.8, 4) is 0 Å². The highest BCUT2D eigenvalue weighted by Crippen LogP contribution is 2.25. The largest absolute Gasteiger partial charge is 0.317 e. The zero-order valence-electron chi connectivity index (χ0n) is 10.5. The normalized spacial score (nSPS) is 25.5. The van der Waals surface area contributed by atoms with Gasteiger partial charge in [-0.05, 0) is 49.4 Å². The van der Waals surface area contributed by atoms with Gasteiger partial charge in [0.1, 0.15) is 0 Å². The lowest BCUT2D eigenvalue weighted by Crippen LogP contribution is -2.25. The molecule has 0 spiro atoms. The molecule has 1 unspecified atom stereocenters. The predicted molar refractivity (Wildman–Crippen MR) is 70.8 cm³/mol. The van der Waals surface area contributed by atoms with Crippen molar-refractivity contribution in [1.82, 2.24) is 10.2 Å². The Bertz CT molecular complexity index is 342. The minimum Gasteiger partial charge on any atom is -0.317 e. The maximum absolute atomic E-state index is 3.50. The third-order valence-corrected chi connectivity index (χ3v) is 4.12. The molecule has 0 aromatic heterocycles. The van der Waals surface area contributed by atoms with Crippen LogP contribution in [0.2, 0.25) is 0 Å². The highest BCUT2D eigenvalue weighted by atomic mass is 15.1. The van der Waals surface area contributed by atoms with Gasteiger partial charge in [-0.3, -0.25) is 4.90 Å². The maximum atomic E-state index is 3.50. The Morgan fingerprint density at radius 3 is 2.59 bits per heavy atom. The molecule has 0 amide bonds. The monoisotopic (exact) mass is 230 g/mol. The molecule has 1 aromatic carbocycles. The summed E-state index contributed by atoms with van der Waals surface area (Å²) in [5.74, 6) is 0.902. The summed E-state index contributed by atoms with van der Waals surface area (Å²) < 4.78 is 0. The second kappa shape index (κ2) is 5.19. The molecule has 2 aliphatic rings. The minimum atomic E-state index is 0.902.